The summed E-state index contributed by atoms with van der Waals surface area (Å²) >= 11 is 3.68. The zero-order valence-electron chi connectivity index (χ0n) is 15.6. The standard InChI is InChI=1S/C23H28BrN/c1-4-23(3,5-2)21-11-10-17(24)12-19(21)22-13-18-15-6-8-16(9-7-15)20(18)14-25-22/h10-16H,4-9H2,1-3H3. The molecule has 5 rings (SSSR count). The summed E-state index contributed by atoms with van der Waals surface area (Å²) in [7, 11) is 0. The summed E-state index contributed by atoms with van der Waals surface area (Å²) in [4.78, 5) is 4.94. The van der Waals surface area contributed by atoms with Gasteiger partial charge in [-0.2, -0.15) is 0 Å². The minimum absolute atomic E-state index is 0.201. The first-order chi connectivity index (χ1) is 12.1. The van der Waals surface area contributed by atoms with Crippen LogP contribution in [0.15, 0.2) is 34.9 Å². The summed E-state index contributed by atoms with van der Waals surface area (Å²) in [6.45, 7) is 6.99. The van der Waals surface area contributed by atoms with Crippen LogP contribution in [0, 0.1) is 0 Å². The topological polar surface area (TPSA) is 12.9 Å². The van der Waals surface area contributed by atoms with Crippen LogP contribution in [0.4, 0.5) is 0 Å². The Kier molecular flexibility index (Phi) is 4.52. The number of aromatic nitrogens is 1. The number of hydrogen-bond donors (Lipinski definition) is 0. The van der Waals surface area contributed by atoms with E-state index in [0.717, 1.165) is 34.8 Å². The van der Waals surface area contributed by atoms with E-state index >= 15 is 0 Å². The van der Waals surface area contributed by atoms with Crippen molar-refractivity contribution in [2.45, 2.75) is 76.5 Å². The van der Waals surface area contributed by atoms with E-state index in [4.69, 9.17) is 4.98 Å². The van der Waals surface area contributed by atoms with Crippen LogP contribution in [0.2, 0.25) is 0 Å². The molecule has 2 heteroatoms. The highest BCUT2D eigenvalue weighted by Gasteiger charge is 2.34. The van der Waals surface area contributed by atoms with Crippen molar-refractivity contribution in [1.29, 1.82) is 0 Å². The normalized spacial score (nSPS) is 22.1. The van der Waals surface area contributed by atoms with Gasteiger partial charge in [0.1, 0.15) is 0 Å². The van der Waals surface area contributed by atoms with Crippen LogP contribution in [0.1, 0.15) is 87.8 Å². The summed E-state index contributed by atoms with van der Waals surface area (Å²) in [5.41, 5.74) is 7.24. The van der Waals surface area contributed by atoms with Crippen molar-refractivity contribution in [3.63, 3.8) is 0 Å². The summed E-state index contributed by atoms with van der Waals surface area (Å²) in [5.74, 6) is 1.53. The average molecular weight is 398 g/mol. The molecule has 0 saturated heterocycles. The molecule has 0 aliphatic heterocycles. The molecule has 1 aromatic heterocycles. The number of benzene rings is 1. The van der Waals surface area contributed by atoms with Gasteiger partial charge in [-0.3, -0.25) is 4.98 Å². The third-order valence-electron chi connectivity index (χ3n) is 7.04. The van der Waals surface area contributed by atoms with Crippen LogP contribution in [0.25, 0.3) is 11.3 Å². The Morgan fingerprint density at radius 2 is 1.64 bits per heavy atom. The first-order valence-electron chi connectivity index (χ1n) is 9.86. The number of pyridine rings is 1. The fourth-order valence-corrected chi connectivity index (χ4v) is 5.29. The van der Waals surface area contributed by atoms with Crippen LogP contribution < -0.4 is 0 Å². The molecule has 0 spiro atoms. The summed E-state index contributed by atoms with van der Waals surface area (Å²) < 4.78 is 1.14. The Morgan fingerprint density at radius 3 is 2.28 bits per heavy atom. The highest BCUT2D eigenvalue weighted by Crippen LogP contribution is 2.50. The molecule has 1 heterocycles. The minimum Gasteiger partial charge on any atom is -0.256 e. The van der Waals surface area contributed by atoms with E-state index in [1.54, 1.807) is 5.56 Å². The van der Waals surface area contributed by atoms with Crippen LogP contribution in [-0.2, 0) is 5.41 Å². The van der Waals surface area contributed by atoms with Crippen LogP contribution in [0.3, 0.4) is 0 Å². The predicted octanol–water partition coefficient (Wildman–Crippen LogP) is 7.34. The molecule has 3 aliphatic carbocycles. The van der Waals surface area contributed by atoms with Crippen molar-refractivity contribution in [2.24, 2.45) is 0 Å². The molecule has 0 amide bonds. The van der Waals surface area contributed by atoms with Crippen molar-refractivity contribution >= 4 is 15.9 Å². The molecule has 1 fully saturated rings. The van der Waals surface area contributed by atoms with E-state index in [2.05, 4.69) is 67.2 Å². The van der Waals surface area contributed by atoms with Gasteiger partial charge in [0.25, 0.3) is 0 Å². The highest BCUT2D eigenvalue weighted by molar-refractivity contribution is 9.10. The molecule has 25 heavy (non-hydrogen) atoms. The van der Waals surface area contributed by atoms with E-state index in [9.17, 15) is 0 Å². The number of rotatable bonds is 4. The first kappa shape index (κ1) is 17.3. The lowest BCUT2D eigenvalue weighted by molar-refractivity contribution is 0.358. The fraction of sp³-hybridized carbons (Fsp3) is 0.522. The van der Waals surface area contributed by atoms with Gasteiger partial charge in [0.15, 0.2) is 0 Å². The second kappa shape index (κ2) is 6.54. The van der Waals surface area contributed by atoms with Gasteiger partial charge in [-0.25, -0.2) is 0 Å². The summed E-state index contributed by atoms with van der Waals surface area (Å²) in [6.07, 6.45) is 9.96. The number of hydrogen-bond acceptors (Lipinski definition) is 1. The number of nitrogens with zero attached hydrogens (tertiary/aromatic N) is 1. The quantitative estimate of drug-likeness (QED) is 0.525. The van der Waals surface area contributed by atoms with Crippen LogP contribution >= 0.6 is 15.9 Å². The van der Waals surface area contributed by atoms with Crippen LogP contribution in [-0.4, -0.2) is 4.98 Å². The first-order valence-corrected chi connectivity index (χ1v) is 10.6. The van der Waals surface area contributed by atoms with E-state index in [-0.39, 0.29) is 5.41 Å². The molecule has 0 radical (unpaired) electrons. The Balaban J connectivity index is 1.86. The van der Waals surface area contributed by atoms with E-state index in [0.29, 0.717) is 0 Å². The molecule has 1 aromatic carbocycles. The van der Waals surface area contributed by atoms with Gasteiger partial charge in [0, 0.05) is 16.2 Å². The Bertz CT molecular complexity index is 783. The maximum Gasteiger partial charge on any atom is 0.0708 e. The van der Waals surface area contributed by atoms with Gasteiger partial charge >= 0.3 is 0 Å². The van der Waals surface area contributed by atoms with Crippen LogP contribution in [0.5, 0.6) is 0 Å². The Labute approximate surface area is 160 Å². The largest absolute Gasteiger partial charge is 0.256 e. The molecule has 0 N–H and O–H groups in total. The fourth-order valence-electron chi connectivity index (χ4n) is 4.92. The Morgan fingerprint density at radius 1 is 1.00 bits per heavy atom. The SMILES string of the molecule is CCC(C)(CC)c1ccc(Br)cc1-c1cc2c(cn1)C1CCC2CC1. The average Bonchev–Trinajstić information content (AvgIpc) is 2.68. The van der Waals surface area contributed by atoms with Gasteiger partial charge < -0.3 is 0 Å². The molecular formula is C23H28BrN. The lowest BCUT2D eigenvalue weighted by Crippen LogP contribution is -2.23. The summed E-state index contributed by atoms with van der Waals surface area (Å²) in [5, 5.41) is 0. The molecule has 1 nitrogen and oxygen atoms in total. The maximum atomic E-state index is 4.94. The second-order valence-electron chi connectivity index (χ2n) is 8.20. The molecule has 2 aromatic rings. The van der Waals surface area contributed by atoms with Gasteiger partial charge in [-0.05, 0) is 90.7 Å². The maximum absolute atomic E-state index is 4.94. The Hall–Kier alpha value is -1.15. The van der Waals surface area contributed by atoms with E-state index in [1.807, 2.05) is 0 Å². The molecule has 0 atom stereocenters. The van der Waals surface area contributed by atoms with E-state index in [1.165, 1.54) is 42.4 Å². The monoisotopic (exact) mass is 397 g/mol. The van der Waals surface area contributed by atoms with Gasteiger partial charge in [-0.1, -0.05) is 42.8 Å². The highest BCUT2D eigenvalue weighted by atomic mass is 79.9. The molecule has 1 saturated carbocycles. The van der Waals surface area contributed by atoms with Crippen molar-refractivity contribution in [3.8, 4) is 11.3 Å². The molecule has 2 bridgehead atoms. The van der Waals surface area contributed by atoms with E-state index < -0.39 is 0 Å². The molecule has 3 aliphatic rings. The zero-order valence-corrected chi connectivity index (χ0v) is 17.2. The van der Waals surface area contributed by atoms with Crippen molar-refractivity contribution < 1.29 is 0 Å². The molecule has 0 unspecified atom stereocenters. The lowest BCUT2D eigenvalue weighted by Gasteiger charge is -2.38. The number of halogens is 1. The van der Waals surface area contributed by atoms with Crippen molar-refractivity contribution in [2.75, 3.05) is 0 Å². The third-order valence-corrected chi connectivity index (χ3v) is 7.54. The summed E-state index contributed by atoms with van der Waals surface area (Å²) in [6, 6.07) is 9.18. The molecule has 132 valence electrons. The lowest BCUT2D eigenvalue weighted by atomic mass is 9.67. The van der Waals surface area contributed by atoms with Crippen molar-refractivity contribution in [3.05, 3.63) is 51.6 Å². The minimum atomic E-state index is 0.201. The van der Waals surface area contributed by atoms with Crippen molar-refractivity contribution in [1.82, 2.24) is 4.98 Å². The predicted molar refractivity (Wildman–Crippen MR) is 109 cm³/mol. The van der Waals surface area contributed by atoms with Gasteiger partial charge in [-0.15, -0.1) is 0 Å². The second-order valence-corrected chi connectivity index (χ2v) is 9.12. The van der Waals surface area contributed by atoms with Gasteiger partial charge in [0.2, 0.25) is 0 Å². The number of fused-ring (bicyclic) bond motifs is 2. The van der Waals surface area contributed by atoms with Gasteiger partial charge in [0.05, 0.1) is 5.69 Å². The molecular weight excluding hydrogens is 370 g/mol. The third kappa shape index (κ3) is 2.87. The smallest absolute Gasteiger partial charge is 0.0708 e. The zero-order chi connectivity index (χ0) is 17.6.